The molecule has 1 aromatic heterocycles. The van der Waals surface area contributed by atoms with Crippen molar-refractivity contribution in [1.29, 1.82) is 0 Å². The van der Waals surface area contributed by atoms with Gasteiger partial charge in [0, 0.05) is 6.92 Å². The first-order valence-corrected chi connectivity index (χ1v) is 5.61. The minimum Gasteiger partial charge on any atom is -0.440 e. The zero-order chi connectivity index (χ0) is 9.84. The van der Waals surface area contributed by atoms with Crippen LogP contribution in [-0.2, 0) is 0 Å². The van der Waals surface area contributed by atoms with E-state index >= 15 is 0 Å². The minimum absolute atomic E-state index is 0.0658. The van der Waals surface area contributed by atoms with Crippen molar-refractivity contribution in [3.05, 3.63) is 18.2 Å². The van der Waals surface area contributed by atoms with Crippen molar-refractivity contribution in [2.45, 2.75) is 40.2 Å². The fourth-order valence-electron chi connectivity index (χ4n) is 1.91. The molecule has 1 rings (SSSR count). The lowest BCUT2D eigenvalue weighted by Gasteiger charge is -2.06. The molecule has 0 aliphatic rings. The SMILES string of the molecule is CC[BH2-][n+]1ccn(B(C)CC)c1C. The van der Waals surface area contributed by atoms with Crippen LogP contribution >= 0.6 is 0 Å². The van der Waals surface area contributed by atoms with Crippen molar-refractivity contribution < 1.29 is 4.48 Å². The number of nitrogens with zero attached hydrogens (tertiary/aromatic N) is 2. The maximum atomic E-state index is 2.45. The summed E-state index contributed by atoms with van der Waals surface area (Å²) in [7, 11) is 0.0658. The molecule has 13 heavy (non-hydrogen) atoms. The normalized spacial score (nSPS) is 10.5. The highest BCUT2D eigenvalue weighted by Gasteiger charge is 2.17. The summed E-state index contributed by atoms with van der Waals surface area (Å²) in [4.78, 5) is 0. The van der Waals surface area contributed by atoms with Gasteiger partial charge >= 0.3 is 6.85 Å². The van der Waals surface area contributed by atoms with Crippen LogP contribution in [0, 0.1) is 6.92 Å². The molecule has 0 aliphatic carbocycles. The van der Waals surface area contributed by atoms with Gasteiger partial charge in [0.15, 0.2) is 13.2 Å². The van der Waals surface area contributed by atoms with Crippen molar-refractivity contribution in [2.75, 3.05) is 0 Å². The van der Waals surface area contributed by atoms with Crippen LogP contribution in [0.2, 0.25) is 19.5 Å². The highest BCUT2D eigenvalue weighted by molar-refractivity contribution is 6.55. The van der Waals surface area contributed by atoms with E-state index < -0.39 is 0 Å². The summed E-state index contributed by atoms with van der Waals surface area (Å²) < 4.78 is 4.84. The second-order valence-electron chi connectivity index (χ2n) is 4.14. The molecule has 0 aromatic carbocycles. The van der Waals surface area contributed by atoms with E-state index in [1.54, 1.807) is 0 Å². The van der Waals surface area contributed by atoms with E-state index in [4.69, 9.17) is 0 Å². The van der Waals surface area contributed by atoms with Crippen LogP contribution in [0.15, 0.2) is 12.4 Å². The average molecular weight is 178 g/mol. The molecule has 0 amide bonds. The molecular weight excluding hydrogens is 158 g/mol. The second kappa shape index (κ2) is 4.54. The number of rotatable bonds is 4. The Morgan fingerprint density at radius 2 is 2.23 bits per heavy atom. The predicted molar refractivity (Wildman–Crippen MR) is 61.3 cm³/mol. The standard InChI is InChI=1S/C9H20B2N2/c1-5-10-12-7-8-13(9(12)3)11(4)6-2/h7-8H,5-6,10H2,1-4H3. The van der Waals surface area contributed by atoms with Gasteiger partial charge in [0.05, 0.1) is 6.20 Å². The quantitative estimate of drug-likeness (QED) is 0.606. The summed E-state index contributed by atoms with van der Waals surface area (Å²) >= 11 is 0. The van der Waals surface area contributed by atoms with Gasteiger partial charge in [0.2, 0.25) is 0 Å². The average Bonchev–Trinajstić information content (AvgIpc) is 2.48. The van der Waals surface area contributed by atoms with Crippen LogP contribution in [0.3, 0.4) is 0 Å². The molecule has 2 nitrogen and oxygen atoms in total. The maximum Gasteiger partial charge on any atom is 0.374 e. The third-order valence-electron chi connectivity index (χ3n) is 3.06. The van der Waals surface area contributed by atoms with Crippen molar-refractivity contribution in [3.8, 4) is 0 Å². The molecule has 0 radical (unpaired) electrons. The summed E-state index contributed by atoms with van der Waals surface area (Å²) in [6.45, 7) is 9.66. The van der Waals surface area contributed by atoms with E-state index in [0.717, 1.165) is 0 Å². The fourth-order valence-corrected chi connectivity index (χ4v) is 1.91. The summed E-state index contributed by atoms with van der Waals surface area (Å²) in [5.74, 6) is 1.43. The highest BCUT2D eigenvalue weighted by Crippen LogP contribution is 1.99. The van der Waals surface area contributed by atoms with Crippen LogP contribution in [0.25, 0.3) is 0 Å². The van der Waals surface area contributed by atoms with Crippen LogP contribution < -0.4 is 4.48 Å². The van der Waals surface area contributed by atoms with Gasteiger partial charge in [-0.25, -0.2) is 0 Å². The Morgan fingerprint density at radius 1 is 1.54 bits per heavy atom. The Hall–Kier alpha value is -0.660. The molecule has 0 atom stereocenters. The van der Waals surface area contributed by atoms with Gasteiger partial charge in [-0.3, -0.25) is 0 Å². The van der Waals surface area contributed by atoms with Crippen molar-refractivity contribution in [2.24, 2.45) is 0 Å². The summed E-state index contributed by atoms with van der Waals surface area (Å²) in [5.41, 5.74) is 0. The molecule has 0 bridgehead atoms. The fraction of sp³-hybridized carbons (Fsp3) is 0.667. The Morgan fingerprint density at radius 3 is 2.77 bits per heavy atom. The monoisotopic (exact) mass is 178 g/mol. The lowest BCUT2D eigenvalue weighted by Crippen LogP contribution is -2.42. The summed E-state index contributed by atoms with van der Waals surface area (Å²) in [5, 5.41) is 0. The first-order valence-electron chi connectivity index (χ1n) is 5.61. The van der Waals surface area contributed by atoms with Crippen LogP contribution in [-0.4, -0.2) is 18.7 Å². The summed E-state index contributed by atoms with van der Waals surface area (Å²) in [6.07, 6.45) is 7.01. The molecule has 0 N–H and O–H groups in total. The minimum atomic E-state index is 0.0658. The lowest BCUT2D eigenvalue weighted by atomic mass is 9.62. The second-order valence-corrected chi connectivity index (χ2v) is 4.14. The molecular formula is C9H20B2N2. The predicted octanol–water partition coefficient (Wildman–Crippen LogP) is 0.943. The van der Waals surface area contributed by atoms with Gasteiger partial charge in [-0.15, -0.1) is 6.32 Å². The summed E-state index contributed by atoms with van der Waals surface area (Å²) in [6, 6.07) is 0. The van der Waals surface area contributed by atoms with Crippen molar-refractivity contribution in [1.82, 2.24) is 4.48 Å². The molecule has 72 valence electrons. The van der Waals surface area contributed by atoms with Gasteiger partial charge in [-0.05, 0) is 13.1 Å². The molecule has 0 saturated heterocycles. The van der Waals surface area contributed by atoms with Crippen LogP contribution in [0.1, 0.15) is 19.7 Å². The molecule has 0 unspecified atom stereocenters. The molecule has 0 aliphatic heterocycles. The van der Waals surface area contributed by atoms with Gasteiger partial charge in [-0.1, -0.05) is 13.8 Å². The molecule has 4 heteroatoms. The number of imidazole rings is 1. The zero-order valence-electron chi connectivity index (χ0n) is 9.54. The Labute approximate surface area is 82.3 Å². The topological polar surface area (TPSA) is 8.81 Å². The van der Waals surface area contributed by atoms with E-state index in [-0.39, 0.29) is 7.41 Å². The van der Waals surface area contributed by atoms with E-state index in [0.29, 0.717) is 6.85 Å². The van der Waals surface area contributed by atoms with E-state index in [9.17, 15) is 0 Å². The van der Waals surface area contributed by atoms with Gasteiger partial charge < -0.3 is 8.96 Å². The molecule has 0 fully saturated rings. The number of hydrogen-bond acceptors (Lipinski definition) is 0. The van der Waals surface area contributed by atoms with Gasteiger partial charge in [0.1, 0.15) is 6.20 Å². The van der Waals surface area contributed by atoms with E-state index in [1.807, 2.05) is 0 Å². The third kappa shape index (κ3) is 2.17. The van der Waals surface area contributed by atoms with E-state index in [1.165, 1.54) is 18.5 Å². The Kier molecular flexibility index (Phi) is 3.64. The molecule has 1 heterocycles. The van der Waals surface area contributed by atoms with E-state index in [2.05, 4.69) is 48.9 Å². The molecule has 0 saturated carbocycles. The highest BCUT2D eigenvalue weighted by atomic mass is 15.1. The first kappa shape index (κ1) is 10.4. The number of hydrogen-bond donors (Lipinski definition) is 0. The Bertz CT molecular complexity index is 271. The van der Waals surface area contributed by atoms with Crippen LogP contribution in [0.5, 0.6) is 0 Å². The lowest BCUT2D eigenvalue weighted by molar-refractivity contribution is -0.536. The zero-order valence-corrected chi connectivity index (χ0v) is 9.54. The third-order valence-corrected chi connectivity index (χ3v) is 3.06. The van der Waals surface area contributed by atoms with Gasteiger partial charge in [0.25, 0.3) is 0 Å². The molecule has 0 spiro atoms. The molecule has 1 aromatic rings. The van der Waals surface area contributed by atoms with Crippen molar-refractivity contribution in [3.63, 3.8) is 0 Å². The van der Waals surface area contributed by atoms with Crippen LogP contribution in [0.4, 0.5) is 0 Å². The number of aromatic nitrogens is 2. The van der Waals surface area contributed by atoms with Gasteiger partial charge in [-0.2, -0.15) is 0 Å². The Balaban J connectivity index is 2.85. The largest absolute Gasteiger partial charge is 0.440 e. The van der Waals surface area contributed by atoms with Crippen molar-refractivity contribution >= 4 is 14.3 Å². The smallest absolute Gasteiger partial charge is 0.374 e. The first-order chi connectivity index (χ1) is 6.20. The maximum absolute atomic E-state index is 2.45.